The van der Waals surface area contributed by atoms with Crippen molar-refractivity contribution in [1.29, 1.82) is 0 Å². The fourth-order valence-corrected chi connectivity index (χ4v) is 10.2. The quantitative estimate of drug-likeness (QED) is 0.174. The zero-order chi connectivity index (χ0) is 38.2. The third-order valence-corrected chi connectivity index (χ3v) is 12.7. The minimum atomic E-state index is -1.37. The molecule has 10 nitrogen and oxygen atoms in total. The van der Waals surface area contributed by atoms with Crippen LogP contribution in [-0.4, -0.2) is 60.0 Å². The molecule has 4 fully saturated rings. The van der Waals surface area contributed by atoms with E-state index >= 15 is 4.79 Å². The van der Waals surface area contributed by atoms with Gasteiger partial charge in [0.1, 0.15) is 5.75 Å². The average Bonchev–Trinajstić information content (AvgIpc) is 3.58. The van der Waals surface area contributed by atoms with E-state index < -0.39 is 35.0 Å². The Kier molecular flexibility index (Phi) is 8.42. The fourth-order valence-electron chi connectivity index (χ4n) is 10.2. The van der Waals surface area contributed by atoms with Gasteiger partial charge < -0.3 is 14.7 Å². The van der Waals surface area contributed by atoms with Crippen molar-refractivity contribution < 1.29 is 29.0 Å². The number of imide groups is 2. The van der Waals surface area contributed by atoms with Crippen LogP contribution in [0.4, 0.5) is 17.1 Å². The molecule has 4 aromatic rings. The third-order valence-electron chi connectivity index (χ3n) is 12.7. The maximum atomic E-state index is 15.4. The molecule has 3 saturated heterocycles. The standard InChI is InChI=1S/C45H44N4O6/c1-26-9-11-31(12-10-26)46-49-42(52)37-25-36-34(39(29-23-27(2)40(50)28(3)24-29)45(37,44(49)54)30-7-5-4-6-8-30)17-18-35-38(36)43(53)48(41(35)51)33-15-13-32(14-16-33)47-19-21-55-22-20-47/h4-17,23-24,35-39,46,50H,18-22,25H2,1-3H3/t35-,36+,37-,38-,39-,45+/m0/s1. The second-order valence-corrected chi connectivity index (χ2v) is 15.7. The Morgan fingerprint density at radius 2 is 1.42 bits per heavy atom. The lowest BCUT2D eigenvalue weighted by molar-refractivity contribution is -0.138. The molecule has 55 heavy (non-hydrogen) atoms. The van der Waals surface area contributed by atoms with Gasteiger partial charge in [-0.25, -0.2) is 0 Å². The molecule has 0 bridgehead atoms. The Bertz CT molecular complexity index is 2220. The van der Waals surface area contributed by atoms with Gasteiger partial charge in [-0.1, -0.05) is 71.8 Å². The van der Waals surface area contributed by atoms with Crippen molar-refractivity contribution in [2.75, 3.05) is 41.5 Å². The number of ether oxygens (including phenoxy) is 1. The van der Waals surface area contributed by atoms with Gasteiger partial charge in [0.25, 0.3) is 11.8 Å². The predicted octanol–water partition coefficient (Wildman–Crippen LogP) is 6.34. The summed E-state index contributed by atoms with van der Waals surface area (Å²) in [5.74, 6) is -4.40. The van der Waals surface area contributed by atoms with E-state index in [1.807, 2.05) is 112 Å². The fraction of sp³-hybridized carbons (Fsp3) is 0.333. The number of hydrogen-bond acceptors (Lipinski definition) is 8. The first-order chi connectivity index (χ1) is 26.6. The minimum absolute atomic E-state index is 0.169. The van der Waals surface area contributed by atoms with Crippen molar-refractivity contribution >= 4 is 40.7 Å². The molecule has 9 rings (SSSR count). The lowest BCUT2D eigenvalue weighted by atomic mass is 9.49. The molecule has 0 aromatic heterocycles. The summed E-state index contributed by atoms with van der Waals surface area (Å²) >= 11 is 0. The van der Waals surface area contributed by atoms with Crippen molar-refractivity contribution in [3.63, 3.8) is 0 Å². The van der Waals surface area contributed by atoms with Crippen LogP contribution in [-0.2, 0) is 29.3 Å². The number of morpholine rings is 1. The number of nitrogens with zero attached hydrogens (tertiary/aromatic N) is 3. The molecule has 6 atom stereocenters. The second-order valence-electron chi connectivity index (χ2n) is 15.7. The first-order valence-corrected chi connectivity index (χ1v) is 19.2. The number of rotatable bonds is 6. The van der Waals surface area contributed by atoms with Gasteiger partial charge in [-0.2, -0.15) is 5.01 Å². The Labute approximate surface area is 320 Å². The van der Waals surface area contributed by atoms with Crippen LogP contribution in [0.2, 0.25) is 0 Å². The van der Waals surface area contributed by atoms with Crippen LogP contribution in [0.15, 0.2) is 103 Å². The number of aryl methyl sites for hydroxylation is 3. The van der Waals surface area contributed by atoms with Crippen molar-refractivity contribution in [3.8, 4) is 5.75 Å². The van der Waals surface area contributed by atoms with Crippen LogP contribution in [0.25, 0.3) is 0 Å². The maximum absolute atomic E-state index is 15.4. The number of allylic oxidation sites excluding steroid dienone is 2. The largest absolute Gasteiger partial charge is 0.507 e. The highest BCUT2D eigenvalue weighted by molar-refractivity contribution is 6.22. The number of phenols is 1. The zero-order valence-corrected chi connectivity index (χ0v) is 31.2. The number of anilines is 3. The molecule has 2 aliphatic carbocycles. The Hall–Kier alpha value is -5.74. The maximum Gasteiger partial charge on any atom is 0.260 e. The van der Waals surface area contributed by atoms with Gasteiger partial charge >= 0.3 is 0 Å². The van der Waals surface area contributed by atoms with Crippen LogP contribution in [0.3, 0.4) is 0 Å². The number of fused-ring (bicyclic) bond motifs is 4. The average molecular weight is 737 g/mol. The molecule has 280 valence electrons. The summed E-state index contributed by atoms with van der Waals surface area (Å²) in [7, 11) is 0. The van der Waals surface area contributed by atoms with Gasteiger partial charge in [-0.05, 0) is 98.2 Å². The smallest absolute Gasteiger partial charge is 0.260 e. The number of phenolic OH excluding ortho intramolecular Hbond substituents is 1. The van der Waals surface area contributed by atoms with E-state index in [9.17, 15) is 19.5 Å². The summed E-state index contributed by atoms with van der Waals surface area (Å²) in [5, 5.41) is 12.1. The van der Waals surface area contributed by atoms with E-state index in [4.69, 9.17) is 4.74 Å². The highest BCUT2D eigenvalue weighted by Gasteiger charge is 2.70. The molecular weight excluding hydrogens is 693 g/mol. The molecular formula is C45H44N4O6. The number of benzene rings is 4. The first-order valence-electron chi connectivity index (χ1n) is 19.2. The number of nitrogens with one attached hydrogen (secondary N) is 1. The summed E-state index contributed by atoms with van der Waals surface area (Å²) in [6, 6.07) is 28.4. The molecule has 4 aromatic carbocycles. The molecule has 5 aliphatic rings. The van der Waals surface area contributed by atoms with Gasteiger partial charge in [-0.3, -0.25) is 29.5 Å². The zero-order valence-electron chi connectivity index (χ0n) is 31.2. The van der Waals surface area contributed by atoms with Crippen LogP contribution in [0, 0.1) is 44.4 Å². The molecule has 0 unspecified atom stereocenters. The van der Waals surface area contributed by atoms with Gasteiger partial charge in [0.15, 0.2) is 0 Å². The molecule has 3 heterocycles. The number of hydrogen-bond donors (Lipinski definition) is 2. The third kappa shape index (κ3) is 5.33. The summed E-state index contributed by atoms with van der Waals surface area (Å²) in [4.78, 5) is 62.9. The molecule has 0 radical (unpaired) electrons. The van der Waals surface area contributed by atoms with Crippen molar-refractivity contribution in [2.45, 2.75) is 44.9 Å². The lowest BCUT2D eigenvalue weighted by Gasteiger charge is -2.50. The molecule has 2 N–H and O–H groups in total. The van der Waals surface area contributed by atoms with Crippen LogP contribution >= 0.6 is 0 Å². The highest BCUT2D eigenvalue weighted by atomic mass is 16.5. The monoisotopic (exact) mass is 736 g/mol. The van der Waals surface area contributed by atoms with Crippen LogP contribution in [0.5, 0.6) is 5.75 Å². The number of carbonyl (C=O) groups is 4. The topological polar surface area (TPSA) is 119 Å². The Morgan fingerprint density at radius 1 is 0.764 bits per heavy atom. The first kappa shape index (κ1) is 35.0. The summed E-state index contributed by atoms with van der Waals surface area (Å²) in [6.07, 6.45) is 2.62. The number of aromatic hydroxyl groups is 1. The Balaban J connectivity index is 1.17. The van der Waals surface area contributed by atoms with E-state index in [-0.39, 0.29) is 35.8 Å². The summed E-state index contributed by atoms with van der Waals surface area (Å²) < 4.78 is 5.51. The van der Waals surface area contributed by atoms with Crippen LogP contribution in [0.1, 0.15) is 46.6 Å². The highest BCUT2D eigenvalue weighted by Crippen LogP contribution is 2.64. The van der Waals surface area contributed by atoms with E-state index in [2.05, 4.69) is 16.4 Å². The van der Waals surface area contributed by atoms with Crippen molar-refractivity contribution in [3.05, 3.63) is 130 Å². The van der Waals surface area contributed by atoms with E-state index in [0.717, 1.165) is 35.5 Å². The van der Waals surface area contributed by atoms with E-state index in [1.165, 1.54) is 9.91 Å². The van der Waals surface area contributed by atoms with Gasteiger partial charge in [-0.15, -0.1) is 0 Å². The molecule has 10 heteroatoms. The van der Waals surface area contributed by atoms with E-state index in [1.54, 1.807) is 0 Å². The number of amides is 4. The van der Waals surface area contributed by atoms with Gasteiger partial charge in [0.2, 0.25) is 11.8 Å². The summed E-state index contributed by atoms with van der Waals surface area (Å²) in [6.45, 7) is 8.48. The minimum Gasteiger partial charge on any atom is -0.507 e. The molecule has 4 amide bonds. The number of carbonyl (C=O) groups excluding carboxylic acids is 4. The molecule has 1 saturated carbocycles. The molecule has 3 aliphatic heterocycles. The number of hydrazine groups is 1. The summed E-state index contributed by atoms with van der Waals surface area (Å²) in [5.41, 5.74) is 8.63. The lowest BCUT2D eigenvalue weighted by Crippen LogP contribution is -2.53. The van der Waals surface area contributed by atoms with Crippen molar-refractivity contribution in [1.82, 2.24) is 5.01 Å². The van der Waals surface area contributed by atoms with Gasteiger partial charge in [0, 0.05) is 24.7 Å². The Morgan fingerprint density at radius 3 is 2.09 bits per heavy atom. The van der Waals surface area contributed by atoms with Crippen molar-refractivity contribution in [2.24, 2.45) is 23.7 Å². The SMILES string of the molecule is Cc1ccc(NN2C(=O)[C@@H]3C[C@@H]4C(=CC[C@@H]5C(=O)N(c6ccc(N7CCOCC7)cc6)C(=O)[C@@H]54)[C@H](c4cc(C)c(O)c(C)c4)[C@]3(c3ccccc3)C2=O)cc1. The second kappa shape index (κ2) is 13.2. The van der Waals surface area contributed by atoms with E-state index in [0.29, 0.717) is 47.7 Å². The van der Waals surface area contributed by atoms with Gasteiger partial charge in [0.05, 0.1) is 47.8 Å². The van der Waals surface area contributed by atoms with Crippen LogP contribution < -0.4 is 15.2 Å². The predicted molar refractivity (Wildman–Crippen MR) is 208 cm³/mol. The normalized spacial score (nSPS) is 27.5. The molecule has 0 spiro atoms.